The third kappa shape index (κ3) is 5.89. The largest absolute Gasteiger partial charge is 0.383 e. The number of thioether (sulfide) groups is 1. The molecule has 1 rings (SSSR count). The van der Waals surface area contributed by atoms with E-state index in [0.717, 1.165) is 31.9 Å². The molecule has 1 heterocycles. The molecule has 0 aromatic carbocycles. The van der Waals surface area contributed by atoms with Gasteiger partial charge >= 0.3 is 0 Å². The van der Waals surface area contributed by atoms with E-state index in [4.69, 9.17) is 4.74 Å². The molecule has 1 aromatic rings. The van der Waals surface area contributed by atoms with Crippen molar-refractivity contribution >= 4 is 11.8 Å². The summed E-state index contributed by atoms with van der Waals surface area (Å²) in [7, 11) is 1.69. The summed E-state index contributed by atoms with van der Waals surface area (Å²) in [5.74, 6) is 0.937. The van der Waals surface area contributed by atoms with Gasteiger partial charge in [0.15, 0.2) is 5.16 Å². The number of methoxy groups -OCH3 is 1. The maximum absolute atomic E-state index is 11.0. The molecule has 5 nitrogen and oxygen atoms in total. The van der Waals surface area contributed by atoms with Crippen LogP contribution in [0.3, 0.4) is 0 Å². The van der Waals surface area contributed by atoms with Crippen molar-refractivity contribution in [2.75, 3.05) is 32.6 Å². The molecule has 0 saturated heterocycles. The lowest BCUT2D eigenvalue weighted by Crippen LogP contribution is -2.20. The van der Waals surface area contributed by atoms with Crippen LogP contribution in [0.4, 0.5) is 0 Å². The molecule has 0 aliphatic rings. The van der Waals surface area contributed by atoms with E-state index >= 15 is 0 Å². The average molecular weight is 243 g/mol. The standard InChI is InChI=1S/C10H17N3O2S/c1-15-7-6-11-4-2-8-16-10-12-5-3-9(14)13-10/h3,5,11H,2,4,6-8H2,1H3,(H,12,13,14). The SMILES string of the molecule is COCCNCCCSc1nccc(=O)[nH]1. The third-order valence-corrected chi connectivity index (χ3v) is 2.84. The van der Waals surface area contributed by atoms with Crippen LogP contribution < -0.4 is 10.9 Å². The monoisotopic (exact) mass is 243 g/mol. The van der Waals surface area contributed by atoms with E-state index in [9.17, 15) is 4.79 Å². The second kappa shape index (κ2) is 8.32. The summed E-state index contributed by atoms with van der Waals surface area (Å²) >= 11 is 1.56. The molecule has 0 aliphatic heterocycles. The first-order valence-electron chi connectivity index (χ1n) is 5.20. The smallest absolute Gasteiger partial charge is 0.251 e. The topological polar surface area (TPSA) is 67.0 Å². The number of nitrogens with zero attached hydrogens (tertiary/aromatic N) is 1. The highest BCUT2D eigenvalue weighted by Gasteiger charge is 1.95. The lowest BCUT2D eigenvalue weighted by atomic mass is 10.5. The van der Waals surface area contributed by atoms with Crippen LogP contribution in [0.5, 0.6) is 0 Å². The van der Waals surface area contributed by atoms with Crippen molar-refractivity contribution in [2.24, 2.45) is 0 Å². The van der Waals surface area contributed by atoms with Gasteiger partial charge in [-0.15, -0.1) is 0 Å². The summed E-state index contributed by atoms with van der Waals surface area (Å²) in [4.78, 5) is 17.7. The van der Waals surface area contributed by atoms with Gasteiger partial charge in [-0.3, -0.25) is 4.79 Å². The summed E-state index contributed by atoms with van der Waals surface area (Å²) in [6, 6.07) is 1.41. The number of ether oxygens (including phenoxy) is 1. The van der Waals surface area contributed by atoms with E-state index in [1.165, 1.54) is 12.3 Å². The van der Waals surface area contributed by atoms with E-state index in [1.54, 1.807) is 18.9 Å². The van der Waals surface area contributed by atoms with Gasteiger partial charge in [0.1, 0.15) is 0 Å². The van der Waals surface area contributed by atoms with Crippen LogP contribution >= 0.6 is 11.8 Å². The number of nitrogens with one attached hydrogen (secondary N) is 2. The highest BCUT2D eigenvalue weighted by atomic mass is 32.2. The van der Waals surface area contributed by atoms with E-state index in [2.05, 4.69) is 15.3 Å². The van der Waals surface area contributed by atoms with Gasteiger partial charge < -0.3 is 15.0 Å². The Morgan fingerprint density at radius 1 is 1.56 bits per heavy atom. The normalized spacial score (nSPS) is 10.6. The molecule has 0 saturated carbocycles. The summed E-state index contributed by atoms with van der Waals surface area (Å²) in [5, 5.41) is 3.94. The van der Waals surface area contributed by atoms with Crippen LogP contribution in [-0.4, -0.2) is 42.5 Å². The summed E-state index contributed by atoms with van der Waals surface area (Å²) in [6.45, 7) is 2.57. The molecule has 0 unspecified atom stereocenters. The third-order valence-electron chi connectivity index (χ3n) is 1.87. The van der Waals surface area contributed by atoms with Gasteiger partial charge in [0, 0.05) is 31.7 Å². The number of aromatic amines is 1. The number of hydrogen-bond acceptors (Lipinski definition) is 5. The van der Waals surface area contributed by atoms with Crippen LogP contribution in [0.1, 0.15) is 6.42 Å². The predicted octanol–water partition coefficient (Wildman–Crippen LogP) is 0.488. The summed E-state index contributed by atoms with van der Waals surface area (Å²) in [5.41, 5.74) is -0.101. The lowest BCUT2D eigenvalue weighted by molar-refractivity contribution is 0.199. The number of H-pyrrole nitrogens is 1. The zero-order valence-electron chi connectivity index (χ0n) is 9.36. The molecule has 16 heavy (non-hydrogen) atoms. The van der Waals surface area contributed by atoms with Gasteiger partial charge in [0.2, 0.25) is 0 Å². The van der Waals surface area contributed by atoms with Crippen molar-refractivity contribution in [3.63, 3.8) is 0 Å². The van der Waals surface area contributed by atoms with E-state index in [1.807, 2.05) is 0 Å². The average Bonchev–Trinajstić information content (AvgIpc) is 2.28. The number of rotatable bonds is 8. The fourth-order valence-corrected chi connectivity index (χ4v) is 1.88. The molecule has 0 aliphatic carbocycles. The zero-order chi connectivity index (χ0) is 11.6. The predicted molar refractivity (Wildman–Crippen MR) is 64.9 cm³/mol. The van der Waals surface area contributed by atoms with Crippen LogP contribution in [0.15, 0.2) is 22.2 Å². The van der Waals surface area contributed by atoms with Gasteiger partial charge in [-0.1, -0.05) is 11.8 Å². The Bertz CT molecular complexity index is 343. The Balaban J connectivity index is 2.05. The molecule has 2 N–H and O–H groups in total. The van der Waals surface area contributed by atoms with E-state index < -0.39 is 0 Å². The molecule has 1 aromatic heterocycles. The second-order valence-electron chi connectivity index (χ2n) is 3.18. The maximum Gasteiger partial charge on any atom is 0.251 e. The van der Waals surface area contributed by atoms with Gasteiger partial charge in [0.05, 0.1) is 6.61 Å². The van der Waals surface area contributed by atoms with Gasteiger partial charge in [0.25, 0.3) is 5.56 Å². The minimum absolute atomic E-state index is 0.101. The fraction of sp³-hybridized carbons (Fsp3) is 0.600. The minimum Gasteiger partial charge on any atom is -0.383 e. The van der Waals surface area contributed by atoms with Crippen molar-refractivity contribution in [3.05, 3.63) is 22.6 Å². The summed E-state index contributed by atoms with van der Waals surface area (Å²) < 4.78 is 4.91. The molecular formula is C10H17N3O2S. The van der Waals surface area contributed by atoms with Crippen LogP contribution in [-0.2, 0) is 4.74 Å². The fourth-order valence-electron chi connectivity index (χ4n) is 1.09. The van der Waals surface area contributed by atoms with Crippen LogP contribution in [0, 0.1) is 0 Å². The van der Waals surface area contributed by atoms with Crippen molar-refractivity contribution in [3.8, 4) is 0 Å². The first kappa shape index (κ1) is 13.2. The van der Waals surface area contributed by atoms with Crippen molar-refractivity contribution in [1.29, 1.82) is 0 Å². The first-order chi connectivity index (χ1) is 7.83. The van der Waals surface area contributed by atoms with Crippen molar-refractivity contribution in [1.82, 2.24) is 15.3 Å². The molecule has 0 atom stereocenters. The van der Waals surface area contributed by atoms with Gasteiger partial charge in [-0.25, -0.2) is 4.98 Å². The molecule has 0 spiro atoms. The van der Waals surface area contributed by atoms with Gasteiger partial charge in [-0.2, -0.15) is 0 Å². The molecule has 6 heteroatoms. The molecule has 0 amide bonds. The molecule has 0 bridgehead atoms. The minimum atomic E-state index is -0.101. The number of hydrogen-bond donors (Lipinski definition) is 2. The Kier molecular flexibility index (Phi) is 6.87. The quantitative estimate of drug-likeness (QED) is 0.395. The number of aromatic nitrogens is 2. The van der Waals surface area contributed by atoms with Gasteiger partial charge in [-0.05, 0) is 13.0 Å². The zero-order valence-corrected chi connectivity index (χ0v) is 10.2. The maximum atomic E-state index is 11.0. The highest BCUT2D eigenvalue weighted by Crippen LogP contribution is 2.10. The Morgan fingerprint density at radius 2 is 2.44 bits per heavy atom. The van der Waals surface area contributed by atoms with Crippen LogP contribution in [0.25, 0.3) is 0 Å². The van der Waals surface area contributed by atoms with Crippen LogP contribution in [0.2, 0.25) is 0 Å². The second-order valence-corrected chi connectivity index (χ2v) is 4.27. The first-order valence-corrected chi connectivity index (χ1v) is 6.19. The summed E-state index contributed by atoms with van der Waals surface area (Å²) in [6.07, 6.45) is 2.56. The van der Waals surface area contributed by atoms with Crippen molar-refractivity contribution < 1.29 is 4.74 Å². The van der Waals surface area contributed by atoms with E-state index in [-0.39, 0.29) is 5.56 Å². The Morgan fingerprint density at radius 3 is 3.19 bits per heavy atom. The molecule has 0 fully saturated rings. The molecule has 90 valence electrons. The van der Waals surface area contributed by atoms with E-state index in [0.29, 0.717) is 5.16 Å². The Labute approximate surface area is 99.0 Å². The van der Waals surface area contributed by atoms with Crippen molar-refractivity contribution in [2.45, 2.75) is 11.6 Å². The lowest BCUT2D eigenvalue weighted by Gasteiger charge is -2.03. The highest BCUT2D eigenvalue weighted by molar-refractivity contribution is 7.99. The molecule has 0 radical (unpaired) electrons. The Hall–Kier alpha value is -0.850. The molecular weight excluding hydrogens is 226 g/mol.